The number of aliphatic hydroxyl groups is 2. The smallest absolute Gasteiger partial charge is 0.249 e. The van der Waals surface area contributed by atoms with E-state index in [2.05, 4.69) is 10.6 Å². The number of carbonyl (C=O) groups excluding carboxylic acids is 3. The van der Waals surface area contributed by atoms with Crippen LogP contribution in [0.15, 0.2) is 12.2 Å². The largest absolute Gasteiger partial charge is 0.396 e. The van der Waals surface area contributed by atoms with Crippen LogP contribution in [-0.4, -0.2) is 58.7 Å². The van der Waals surface area contributed by atoms with E-state index in [-0.39, 0.29) is 30.6 Å². The van der Waals surface area contributed by atoms with E-state index in [0.29, 0.717) is 12.3 Å². The fraction of sp³-hybridized carbons (Fsp3) is 0.667. The highest BCUT2D eigenvalue weighted by Crippen LogP contribution is 2.19. The van der Waals surface area contributed by atoms with E-state index in [1.807, 2.05) is 0 Å². The summed E-state index contributed by atoms with van der Waals surface area (Å²) in [5.41, 5.74) is -0.941. The maximum Gasteiger partial charge on any atom is 0.249 e. The number of rotatable bonds is 10. The molecule has 0 aliphatic heterocycles. The molecule has 7 nitrogen and oxygen atoms in total. The summed E-state index contributed by atoms with van der Waals surface area (Å²) in [6.45, 7) is 5.01. The van der Waals surface area contributed by atoms with Gasteiger partial charge in [0.15, 0.2) is 0 Å². The van der Waals surface area contributed by atoms with E-state index >= 15 is 0 Å². The van der Waals surface area contributed by atoms with Gasteiger partial charge in [0.05, 0.1) is 6.61 Å². The van der Waals surface area contributed by atoms with Gasteiger partial charge in [-0.2, -0.15) is 0 Å². The standard InChI is InChI=1S/C15H26N2O5S/c1-4-5-12(20)23-9-8-16-11(19)6-7-17-14(22)13(21)15(2,3)10-18/h4-5,13,18,21H,6-10H2,1-3H3,(H,16,19)(H,17,22)/b5-4+/t13-/m0/s1. The van der Waals surface area contributed by atoms with Crippen LogP contribution in [0.3, 0.4) is 0 Å². The molecule has 0 aromatic heterocycles. The van der Waals surface area contributed by atoms with Crippen molar-refractivity contribution in [3.8, 4) is 0 Å². The highest BCUT2D eigenvalue weighted by molar-refractivity contribution is 8.14. The molecule has 4 N–H and O–H groups in total. The molecule has 0 aromatic rings. The molecule has 23 heavy (non-hydrogen) atoms. The molecule has 1 atom stereocenters. The molecule has 132 valence electrons. The third kappa shape index (κ3) is 9.37. The third-order valence-corrected chi connectivity index (χ3v) is 3.85. The van der Waals surface area contributed by atoms with Crippen molar-refractivity contribution < 1.29 is 24.6 Å². The second-order valence-electron chi connectivity index (χ2n) is 5.61. The van der Waals surface area contributed by atoms with Crippen molar-refractivity contribution in [3.63, 3.8) is 0 Å². The Labute approximate surface area is 140 Å². The number of thioether (sulfide) groups is 1. The van der Waals surface area contributed by atoms with Gasteiger partial charge in [-0.05, 0) is 13.0 Å². The normalized spacial score (nSPS) is 12.9. The number of allylic oxidation sites excluding steroid dienone is 1. The van der Waals surface area contributed by atoms with Crippen LogP contribution in [0, 0.1) is 5.41 Å². The van der Waals surface area contributed by atoms with Crippen LogP contribution >= 0.6 is 11.8 Å². The molecule has 0 fully saturated rings. The SMILES string of the molecule is C/C=C/C(=O)SCCNC(=O)CCNC(=O)[C@H](O)C(C)(C)CO. The van der Waals surface area contributed by atoms with Crippen molar-refractivity contribution in [1.29, 1.82) is 0 Å². The van der Waals surface area contributed by atoms with E-state index in [0.717, 1.165) is 11.8 Å². The van der Waals surface area contributed by atoms with Crippen LogP contribution in [0.5, 0.6) is 0 Å². The van der Waals surface area contributed by atoms with E-state index in [1.54, 1.807) is 26.8 Å². The minimum atomic E-state index is -1.34. The molecule has 0 aliphatic rings. The van der Waals surface area contributed by atoms with Crippen LogP contribution < -0.4 is 10.6 Å². The van der Waals surface area contributed by atoms with Crippen LogP contribution in [0.25, 0.3) is 0 Å². The molecule has 0 aromatic carbocycles. The lowest BCUT2D eigenvalue weighted by Crippen LogP contribution is -2.46. The van der Waals surface area contributed by atoms with Crippen molar-refractivity contribution in [2.24, 2.45) is 5.41 Å². The molecule has 0 unspecified atom stereocenters. The van der Waals surface area contributed by atoms with E-state index in [4.69, 9.17) is 5.11 Å². The predicted octanol–water partition coefficient (Wildman–Crippen LogP) is -0.176. The lowest BCUT2D eigenvalue weighted by molar-refractivity contribution is -0.137. The quantitative estimate of drug-likeness (QED) is 0.322. The molecular weight excluding hydrogens is 320 g/mol. The molecular formula is C15H26N2O5S. The van der Waals surface area contributed by atoms with Gasteiger partial charge in [0, 0.05) is 30.7 Å². The van der Waals surface area contributed by atoms with Crippen molar-refractivity contribution in [1.82, 2.24) is 10.6 Å². The Kier molecular flexibility index (Phi) is 10.5. The van der Waals surface area contributed by atoms with Crippen LogP contribution in [0.4, 0.5) is 0 Å². The number of hydrogen-bond donors (Lipinski definition) is 4. The van der Waals surface area contributed by atoms with Gasteiger partial charge in [-0.15, -0.1) is 0 Å². The molecule has 2 amide bonds. The fourth-order valence-electron chi connectivity index (χ4n) is 1.45. The summed E-state index contributed by atoms with van der Waals surface area (Å²) >= 11 is 1.11. The molecule has 0 spiro atoms. The van der Waals surface area contributed by atoms with Gasteiger partial charge < -0.3 is 20.8 Å². The zero-order valence-corrected chi connectivity index (χ0v) is 14.6. The van der Waals surface area contributed by atoms with Gasteiger partial charge in [-0.25, -0.2) is 0 Å². The highest BCUT2D eigenvalue weighted by Gasteiger charge is 2.32. The Morgan fingerprint density at radius 2 is 1.87 bits per heavy atom. The zero-order valence-electron chi connectivity index (χ0n) is 13.8. The molecule has 0 saturated carbocycles. The summed E-state index contributed by atoms with van der Waals surface area (Å²) in [5.74, 6) is -0.394. The highest BCUT2D eigenvalue weighted by atomic mass is 32.2. The van der Waals surface area contributed by atoms with E-state index in [1.165, 1.54) is 6.08 Å². The van der Waals surface area contributed by atoms with Crippen molar-refractivity contribution in [2.45, 2.75) is 33.3 Å². The average molecular weight is 346 g/mol. The minimum absolute atomic E-state index is 0.0607. The number of aliphatic hydroxyl groups excluding tert-OH is 2. The molecule has 0 radical (unpaired) electrons. The molecule has 0 heterocycles. The summed E-state index contributed by atoms with van der Waals surface area (Å²) in [7, 11) is 0. The summed E-state index contributed by atoms with van der Waals surface area (Å²) in [4.78, 5) is 34.4. The van der Waals surface area contributed by atoms with Gasteiger partial charge in [0.1, 0.15) is 6.10 Å². The molecule has 0 bridgehead atoms. The van der Waals surface area contributed by atoms with E-state index in [9.17, 15) is 19.5 Å². The van der Waals surface area contributed by atoms with Crippen molar-refractivity contribution in [3.05, 3.63) is 12.2 Å². The zero-order chi connectivity index (χ0) is 17.9. The number of nitrogens with one attached hydrogen (secondary N) is 2. The van der Waals surface area contributed by atoms with Crippen molar-refractivity contribution >= 4 is 28.7 Å². The van der Waals surface area contributed by atoms with Crippen LogP contribution in [0.2, 0.25) is 0 Å². The van der Waals surface area contributed by atoms with Gasteiger partial charge in [0.2, 0.25) is 16.9 Å². The summed E-state index contributed by atoms with van der Waals surface area (Å²) in [6.07, 6.45) is 1.85. The summed E-state index contributed by atoms with van der Waals surface area (Å²) < 4.78 is 0. The lowest BCUT2D eigenvalue weighted by atomic mass is 9.87. The predicted molar refractivity (Wildman–Crippen MR) is 89.8 cm³/mol. The first-order valence-corrected chi connectivity index (χ1v) is 8.36. The van der Waals surface area contributed by atoms with Crippen LogP contribution in [0.1, 0.15) is 27.2 Å². The molecule has 0 saturated heterocycles. The molecule has 8 heteroatoms. The number of carbonyl (C=O) groups is 3. The van der Waals surface area contributed by atoms with Crippen LogP contribution in [-0.2, 0) is 14.4 Å². The minimum Gasteiger partial charge on any atom is -0.396 e. The lowest BCUT2D eigenvalue weighted by Gasteiger charge is -2.27. The Hall–Kier alpha value is -1.38. The Morgan fingerprint density at radius 3 is 2.43 bits per heavy atom. The average Bonchev–Trinajstić information content (AvgIpc) is 2.50. The Morgan fingerprint density at radius 1 is 1.22 bits per heavy atom. The maximum absolute atomic E-state index is 11.7. The number of hydrogen-bond acceptors (Lipinski definition) is 6. The fourth-order valence-corrected chi connectivity index (χ4v) is 2.09. The first kappa shape index (κ1) is 21.6. The second kappa shape index (κ2) is 11.2. The monoisotopic (exact) mass is 346 g/mol. The summed E-state index contributed by atoms with van der Waals surface area (Å²) in [5, 5.41) is 23.9. The second-order valence-corrected chi connectivity index (χ2v) is 6.71. The van der Waals surface area contributed by atoms with Gasteiger partial charge in [-0.3, -0.25) is 14.4 Å². The Bertz CT molecular complexity index is 438. The maximum atomic E-state index is 11.7. The molecule has 0 aliphatic carbocycles. The summed E-state index contributed by atoms with van der Waals surface area (Å²) in [6, 6.07) is 0. The topological polar surface area (TPSA) is 116 Å². The van der Waals surface area contributed by atoms with Gasteiger partial charge in [0.25, 0.3) is 0 Å². The molecule has 0 rings (SSSR count). The third-order valence-electron chi connectivity index (χ3n) is 3.02. The first-order chi connectivity index (χ1) is 10.7. The van der Waals surface area contributed by atoms with Gasteiger partial charge in [-0.1, -0.05) is 31.7 Å². The Balaban J connectivity index is 3.86. The van der Waals surface area contributed by atoms with Crippen molar-refractivity contribution in [2.75, 3.05) is 25.4 Å². The number of amides is 2. The van der Waals surface area contributed by atoms with Gasteiger partial charge >= 0.3 is 0 Å². The van der Waals surface area contributed by atoms with E-state index < -0.39 is 17.4 Å². The first-order valence-electron chi connectivity index (χ1n) is 7.37.